The summed E-state index contributed by atoms with van der Waals surface area (Å²) < 4.78 is 0. The Labute approximate surface area is 203 Å². The Balaban J connectivity index is 0.000000860. The summed E-state index contributed by atoms with van der Waals surface area (Å²) in [6, 6.07) is 0. The van der Waals surface area contributed by atoms with Gasteiger partial charge in [-0.25, -0.2) is 0 Å². The molecule has 0 nitrogen and oxygen atoms in total. The van der Waals surface area contributed by atoms with Gasteiger partial charge in [-0.3, -0.25) is 0 Å². The van der Waals surface area contributed by atoms with Gasteiger partial charge in [-0.1, -0.05) is 112 Å². The first-order valence-electron chi connectivity index (χ1n) is 14.7. The first-order valence-corrected chi connectivity index (χ1v) is 14.7. The normalized spacial score (nSPS) is 38.6. The van der Waals surface area contributed by atoms with E-state index in [1.54, 1.807) is 5.57 Å². The fourth-order valence-electron chi connectivity index (χ4n) is 8.21. The zero-order valence-electron chi connectivity index (χ0n) is 23.7. The van der Waals surface area contributed by atoms with Crippen LogP contribution in [-0.4, -0.2) is 0 Å². The Kier molecular flexibility index (Phi) is 10.2. The van der Waals surface area contributed by atoms with Gasteiger partial charge in [-0.2, -0.15) is 0 Å². The van der Waals surface area contributed by atoms with E-state index in [2.05, 4.69) is 53.7 Å². The summed E-state index contributed by atoms with van der Waals surface area (Å²) >= 11 is 0. The predicted molar refractivity (Wildman–Crippen MR) is 145 cm³/mol. The van der Waals surface area contributed by atoms with Gasteiger partial charge >= 0.3 is 0 Å². The Hall–Kier alpha value is -0.520. The van der Waals surface area contributed by atoms with E-state index in [4.69, 9.17) is 0 Å². The van der Waals surface area contributed by atoms with Crippen LogP contribution >= 0.6 is 0 Å². The molecule has 0 aromatic rings. The van der Waals surface area contributed by atoms with E-state index in [9.17, 15) is 0 Å². The molecule has 0 aromatic carbocycles. The second-order valence-electron chi connectivity index (χ2n) is 12.3. The summed E-state index contributed by atoms with van der Waals surface area (Å²) in [7, 11) is 0. The van der Waals surface area contributed by atoms with Gasteiger partial charge in [0.1, 0.15) is 0 Å². The molecule has 32 heavy (non-hydrogen) atoms. The minimum Gasteiger partial charge on any atom is -0.0683 e. The van der Waals surface area contributed by atoms with Crippen LogP contribution in [0.15, 0.2) is 23.3 Å². The van der Waals surface area contributed by atoms with Gasteiger partial charge in [0.2, 0.25) is 0 Å². The van der Waals surface area contributed by atoms with Gasteiger partial charge in [0, 0.05) is 0 Å². The fraction of sp³-hybridized carbons (Fsp3) is 0.875. The van der Waals surface area contributed by atoms with Gasteiger partial charge in [0.25, 0.3) is 0 Å². The molecule has 4 rings (SSSR count). The molecular weight excluding hydrogens is 384 g/mol. The molecule has 0 amide bonds. The van der Waals surface area contributed by atoms with Crippen LogP contribution in [0.1, 0.15) is 133 Å². The maximum atomic E-state index is 2.69. The molecule has 0 aromatic heterocycles. The van der Waals surface area contributed by atoms with Gasteiger partial charge in [-0.15, -0.1) is 0 Å². The minimum atomic E-state index is 0.485. The van der Waals surface area contributed by atoms with Crippen molar-refractivity contribution in [2.24, 2.45) is 46.3 Å². The van der Waals surface area contributed by atoms with Gasteiger partial charge < -0.3 is 0 Å². The zero-order chi connectivity index (χ0) is 24.1. The van der Waals surface area contributed by atoms with E-state index in [1.165, 1.54) is 64.2 Å². The van der Waals surface area contributed by atoms with Crippen LogP contribution in [0.3, 0.4) is 0 Å². The standard InChI is InChI=1S/C28H46.2C2H6/c1-19(2)8-7-9-21(4)24-12-13-25-23-11-10-22-18-20(3)14-16-27(22,5)26(23)15-17-28(24,25)6;2*1-2/h10-11,19-21,24-26H,7-9,12-18H2,1-6H3;2*1-2H3. The maximum Gasteiger partial charge on any atom is -0.00474 e. The van der Waals surface area contributed by atoms with Crippen molar-refractivity contribution in [3.05, 3.63) is 23.3 Å². The molecule has 3 saturated carbocycles. The van der Waals surface area contributed by atoms with E-state index < -0.39 is 0 Å². The largest absolute Gasteiger partial charge is 0.0683 e. The second kappa shape index (κ2) is 11.8. The third-order valence-corrected chi connectivity index (χ3v) is 10.0. The summed E-state index contributed by atoms with van der Waals surface area (Å²) in [6.45, 7) is 23.1. The van der Waals surface area contributed by atoms with Crippen molar-refractivity contribution in [2.45, 2.75) is 133 Å². The quantitative estimate of drug-likeness (QED) is 0.397. The first-order chi connectivity index (χ1) is 15.3. The molecule has 0 aliphatic heterocycles. The van der Waals surface area contributed by atoms with Crippen LogP contribution in [0.5, 0.6) is 0 Å². The molecule has 0 heteroatoms. The van der Waals surface area contributed by atoms with Crippen LogP contribution in [0.4, 0.5) is 0 Å². The monoisotopic (exact) mass is 442 g/mol. The summed E-state index contributed by atoms with van der Waals surface area (Å²) in [5, 5.41) is 0. The molecule has 0 bridgehead atoms. The highest BCUT2D eigenvalue weighted by molar-refractivity contribution is 5.38. The first kappa shape index (κ1) is 27.7. The Morgan fingerprint density at radius 1 is 0.844 bits per heavy atom. The lowest BCUT2D eigenvalue weighted by Gasteiger charge is -2.55. The molecule has 4 aliphatic rings. The molecule has 0 spiro atoms. The van der Waals surface area contributed by atoms with Crippen molar-refractivity contribution in [1.29, 1.82) is 0 Å². The topological polar surface area (TPSA) is 0 Å². The highest BCUT2D eigenvalue weighted by atomic mass is 14.6. The second-order valence-corrected chi connectivity index (χ2v) is 12.3. The average Bonchev–Trinajstić information content (AvgIpc) is 3.14. The summed E-state index contributed by atoms with van der Waals surface area (Å²) in [5.74, 6) is 5.35. The van der Waals surface area contributed by atoms with Crippen LogP contribution in [0.25, 0.3) is 0 Å². The van der Waals surface area contributed by atoms with E-state index in [1.807, 2.05) is 33.3 Å². The highest BCUT2D eigenvalue weighted by Crippen LogP contribution is 2.66. The zero-order valence-corrected chi connectivity index (χ0v) is 23.7. The number of hydrogen-bond acceptors (Lipinski definition) is 0. The highest BCUT2D eigenvalue weighted by Gasteiger charge is 2.56. The third kappa shape index (κ3) is 5.25. The van der Waals surface area contributed by atoms with Crippen molar-refractivity contribution < 1.29 is 0 Å². The van der Waals surface area contributed by atoms with Crippen molar-refractivity contribution in [3.8, 4) is 0 Å². The van der Waals surface area contributed by atoms with Gasteiger partial charge in [0.15, 0.2) is 0 Å². The van der Waals surface area contributed by atoms with E-state index >= 15 is 0 Å². The van der Waals surface area contributed by atoms with Crippen LogP contribution < -0.4 is 0 Å². The third-order valence-electron chi connectivity index (χ3n) is 10.0. The summed E-state index contributed by atoms with van der Waals surface area (Å²) in [6.07, 6.45) is 19.6. The smallest absolute Gasteiger partial charge is 0.00474 e. The van der Waals surface area contributed by atoms with Crippen molar-refractivity contribution in [1.82, 2.24) is 0 Å². The predicted octanol–water partition coefficient (Wildman–Crippen LogP) is 10.6. The van der Waals surface area contributed by atoms with Crippen molar-refractivity contribution in [2.75, 3.05) is 0 Å². The number of allylic oxidation sites excluding steroid dienone is 4. The van der Waals surface area contributed by atoms with E-state index in [0.29, 0.717) is 10.8 Å². The number of hydrogen-bond donors (Lipinski definition) is 0. The molecule has 0 heterocycles. The van der Waals surface area contributed by atoms with Crippen molar-refractivity contribution in [3.63, 3.8) is 0 Å². The lowest BCUT2D eigenvalue weighted by Crippen LogP contribution is -2.46. The number of rotatable bonds is 5. The average molecular weight is 443 g/mol. The summed E-state index contributed by atoms with van der Waals surface area (Å²) in [5.41, 5.74) is 4.73. The molecule has 0 radical (unpaired) electrons. The summed E-state index contributed by atoms with van der Waals surface area (Å²) in [4.78, 5) is 0. The Morgan fingerprint density at radius 3 is 2.19 bits per heavy atom. The van der Waals surface area contributed by atoms with Crippen LogP contribution in [-0.2, 0) is 0 Å². The number of fused-ring (bicyclic) bond motifs is 5. The molecule has 7 atom stereocenters. The molecule has 186 valence electrons. The molecule has 4 aliphatic carbocycles. The molecule has 7 unspecified atom stereocenters. The Morgan fingerprint density at radius 2 is 1.53 bits per heavy atom. The van der Waals surface area contributed by atoms with Crippen molar-refractivity contribution >= 4 is 0 Å². The van der Waals surface area contributed by atoms with Crippen LogP contribution in [0.2, 0.25) is 0 Å². The van der Waals surface area contributed by atoms with Gasteiger partial charge in [-0.05, 0) is 91.3 Å². The molecule has 0 saturated heterocycles. The SMILES string of the molecule is CC.CC.CC(C)CCCC(C)C1CCC2C3=CC=C4CC(C)CCC4(C)C3CCC21C. The molecule has 3 fully saturated rings. The molecule has 0 N–H and O–H groups in total. The van der Waals surface area contributed by atoms with Gasteiger partial charge in [0.05, 0.1) is 0 Å². The van der Waals surface area contributed by atoms with E-state index in [-0.39, 0.29) is 0 Å². The lowest BCUT2D eigenvalue weighted by atomic mass is 9.49. The van der Waals surface area contributed by atoms with Crippen LogP contribution in [0, 0.1) is 46.3 Å². The maximum absolute atomic E-state index is 2.69. The molecular formula is C32H58. The lowest BCUT2D eigenvalue weighted by molar-refractivity contribution is 0.0447. The minimum absolute atomic E-state index is 0.485. The van der Waals surface area contributed by atoms with E-state index in [0.717, 1.165) is 35.5 Å². The fourth-order valence-corrected chi connectivity index (χ4v) is 8.21. The Bertz CT molecular complexity index is 636.